The van der Waals surface area contributed by atoms with Crippen molar-refractivity contribution >= 4 is 5.97 Å². The third-order valence-corrected chi connectivity index (χ3v) is 5.05. The fraction of sp³-hybridized carbons (Fsp3) is 0.273. The van der Waals surface area contributed by atoms with Crippen LogP contribution in [0.5, 0.6) is 11.5 Å². The lowest BCUT2D eigenvalue weighted by Gasteiger charge is -2.09. The quantitative estimate of drug-likeness (QED) is 0.604. The van der Waals surface area contributed by atoms with E-state index in [0.717, 1.165) is 11.1 Å². The Morgan fingerprint density at radius 1 is 1.14 bits per heavy atom. The summed E-state index contributed by atoms with van der Waals surface area (Å²) < 4.78 is 22.0. The van der Waals surface area contributed by atoms with E-state index in [1.54, 1.807) is 19.2 Å². The Bertz CT molecular complexity index is 1010. The van der Waals surface area contributed by atoms with Crippen molar-refractivity contribution in [2.75, 3.05) is 7.11 Å². The highest BCUT2D eigenvalue weighted by Crippen LogP contribution is 2.40. The largest absolute Gasteiger partial charge is 0.496 e. The van der Waals surface area contributed by atoms with Gasteiger partial charge in [0.1, 0.15) is 28.9 Å². The molecule has 1 aliphatic rings. The summed E-state index contributed by atoms with van der Waals surface area (Å²) in [4.78, 5) is 12.6. The summed E-state index contributed by atoms with van der Waals surface area (Å²) in [5.74, 6) is 1.54. The fourth-order valence-corrected chi connectivity index (χ4v) is 3.33. The Kier molecular flexibility index (Phi) is 4.77. The normalized spacial score (nSPS) is 17.7. The molecular weight excluding hydrogens is 358 g/mol. The summed E-state index contributed by atoms with van der Waals surface area (Å²) >= 11 is 0. The average molecular weight is 379 g/mol. The number of ether oxygens (including phenoxy) is 3. The van der Waals surface area contributed by atoms with Gasteiger partial charge >= 0.3 is 5.97 Å². The fourth-order valence-electron chi connectivity index (χ4n) is 3.33. The maximum absolute atomic E-state index is 12.6. The standard InChI is InChI=1S/C22H21NO5/c1-13-14(2)27-21-16(13)8-6-9-18(21)22(24)26-12-15-11-19(23-28-15)17-7-4-5-10-20(17)25-3/h4-11,13-14H,12H2,1-3H3. The summed E-state index contributed by atoms with van der Waals surface area (Å²) in [6, 6.07) is 14.8. The van der Waals surface area contributed by atoms with E-state index < -0.39 is 5.97 Å². The van der Waals surface area contributed by atoms with Crippen LogP contribution in [0.1, 0.15) is 41.4 Å². The first-order valence-electron chi connectivity index (χ1n) is 9.14. The van der Waals surface area contributed by atoms with Crippen LogP contribution in [-0.2, 0) is 11.3 Å². The van der Waals surface area contributed by atoms with Crippen molar-refractivity contribution in [2.24, 2.45) is 0 Å². The third kappa shape index (κ3) is 3.22. The van der Waals surface area contributed by atoms with Gasteiger partial charge in [-0.05, 0) is 25.1 Å². The highest BCUT2D eigenvalue weighted by atomic mass is 16.6. The number of hydrogen-bond donors (Lipinski definition) is 0. The van der Waals surface area contributed by atoms with Crippen LogP contribution in [-0.4, -0.2) is 24.3 Å². The molecule has 1 aliphatic heterocycles. The topological polar surface area (TPSA) is 70.8 Å². The molecule has 0 N–H and O–H groups in total. The van der Waals surface area contributed by atoms with Crippen LogP contribution in [0.2, 0.25) is 0 Å². The van der Waals surface area contributed by atoms with E-state index in [9.17, 15) is 4.79 Å². The Morgan fingerprint density at radius 3 is 2.79 bits per heavy atom. The molecule has 0 saturated carbocycles. The highest BCUT2D eigenvalue weighted by Gasteiger charge is 2.31. The van der Waals surface area contributed by atoms with Gasteiger partial charge in [-0.3, -0.25) is 0 Å². The summed E-state index contributed by atoms with van der Waals surface area (Å²) in [7, 11) is 1.60. The Balaban J connectivity index is 1.48. The van der Waals surface area contributed by atoms with Gasteiger partial charge in [-0.2, -0.15) is 0 Å². The number of benzene rings is 2. The van der Waals surface area contributed by atoms with Gasteiger partial charge in [0.05, 0.1) is 7.11 Å². The van der Waals surface area contributed by atoms with Gasteiger partial charge in [0.25, 0.3) is 0 Å². The molecule has 2 atom stereocenters. The van der Waals surface area contributed by atoms with Gasteiger partial charge in [0, 0.05) is 23.1 Å². The zero-order valence-electron chi connectivity index (χ0n) is 16.0. The van der Waals surface area contributed by atoms with Gasteiger partial charge in [0.15, 0.2) is 12.4 Å². The molecule has 28 heavy (non-hydrogen) atoms. The minimum Gasteiger partial charge on any atom is -0.496 e. The molecule has 2 aromatic carbocycles. The number of nitrogens with zero attached hydrogens (tertiary/aromatic N) is 1. The summed E-state index contributed by atoms with van der Waals surface area (Å²) in [6.45, 7) is 4.06. The van der Waals surface area contributed by atoms with E-state index in [1.807, 2.05) is 43.3 Å². The lowest BCUT2D eigenvalue weighted by atomic mass is 9.97. The minimum atomic E-state index is -0.451. The average Bonchev–Trinajstić information content (AvgIpc) is 3.31. The van der Waals surface area contributed by atoms with E-state index in [4.69, 9.17) is 18.7 Å². The first-order valence-corrected chi connectivity index (χ1v) is 9.14. The number of fused-ring (bicyclic) bond motifs is 1. The first kappa shape index (κ1) is 18.1. The molecule has 0 spiro atoms. The Labute approximate surface area is 163 Å². The summed E-state index contributed by atoms with van der Waals surface area (Å²) in [6.07, 6.45) is 0.0293. The number of para-hydroxylation sites is 2. The predicted molar refractivity (Wildman–Crippen MR) is 103 cm³/mol. The van der Waals surface area contributed by atoms with Crippen LogP contribution in [0.15, 0.2) is 53.1 Å². The molecule has 3 aromatic rings. The molecule has 0 saturated heterocycles. The Hall–Kier alpha value is -3.28. The Morgan fingerprint density at radius 2 is 1.96 bits per heavy atom. The molecule has 6 heteroatoms. The van der Waals surface area contributed by atoms with Crippen LogP contribution in [0, 0.1) is 0 Å². The maximum atomic E-state index is 12.6. The zero-order valence-corrected chi connectivity index (χ0v) is 16.0. The van der Waals surface area contributed by atoms with Gasteiger partial charge in [-0.15, -0.1) is 0 Å². The van der Waals surface area contributed by atoms with Crippen molar-refractivity contribution in [3.05, 3.63) is 65.4 Å². The van der Waals surface area contributed by atoms with Crippen molar-refractivity contribution in [1.29, 1.82) is 0 Å². The van der Waals surface area contributed by atoms with E-state index in [2.05, 4.69) is 12.1 Å². The van der Waals surface area contributed by atoms with Crippen LogP contribution in [0.25, 0.3) is 11.3 Å². The summed E-state index contributed by atoms with van der Waals surface area (Å²) in [5.41, 5.74) is 2.89. The molecule has 0 aliphatic carbocycles. The van der Waals surface area contributed by atoms with Crippen LogP contribution in [0.3, 0.4) is 0 Å². The minimum absolute atomic E-state index is 0.0181. The first-order chi connectivity index (χ1) is 13.6. The van der Waals surface area contributed by atoms with Crippen molar-refractivity contribution in [3.63, 3.8) is 0 Å². The van der Waals surface area contributed by atoms with Crippen LogP contribution >= 0.6 is 0 Å². The number of esters is 1. The molecule has 6 nitrogen and oxygen atoms in total. The lowest BCUT2D eigenvalue weighted by molar-refractivity contribution is 0.0432. The molecule has 0 radical (unpaired) electrons. The second kappa shape index (κ2) is 7.38. The van der Waals surface area contributed by atoms with Gasteiger partial charge in [0.2, 0.25) is 0 Å². The van der Waals surface area contributed by atoms with Crippen molar-refractivity contribution in [3.8, 4) is 22.8 Å². The molecule has 0 bridgehead atoms. The van der Waals surface area contributed by atoms with Gasteiger partial charge in [-0.1, -0.05) is 36.3 Å². The number of hydrogen-bond acceptors (Lipinski definition) is 6. The van der Waals surface area contributed by atoms with Crippen LogP contribution in [0.4, 0.5) is 0 Å². The molecule has 0 amide bonds. The van der Waals surface area contributed by atoms with Crippen molar-refractivity contribution < 1.29 is 23.5 Å². The van der Waals surface area contributed by atoms with E-state index in [1.165, 1.54) is 0 Å². The van der Waals surface area contributed by atoms with Crippen molar-refractivity contribution in [1.82, 2.24) is 5.16 Å². The molecule has 2 heterocycles. The zero-order chi connectivity index (χ0) is 19.7. The van der Waals surface area contributed by atoms with Crippen LogP contribution < -0.4 is 9.47 Å². The summed E-state index contributed by atoms with van der Waals surface area (Å²) in [5, 5.41) is 4.05. The monoisotopic (exact) mass is 379 g/mol. The second-order valence-electron chi connectivity index (χ2n) is 6.79. The molecule has 4 rings (SSSR count). The van der Waals surface area contributed by atoms with E-state index >= 15 is 0 Å². The predicted octanol–water partition coefficient (Wildman–Crippen LogP) is 4.59. The SMILES string of the molecule is COc1ccccc1-c1cc(COC(=O)c2cccc3c2OC(C)C3C)on1. The highest BCUT2D eigenvalue weighted by molar-refractivity contribution is 5.93. The van der Waals surface area contributed by atoms with Crippen molar-refractivity contribution in [2.45, 2.75) is 32.5 Å². The maximum Gasteiger partial charge on any atom is 0.342 e. The number of carbonyl (C=O) groups is 1. The van der Waals surface area contributed by atoms with Gasteiger partial charge < -0.3 is 18.7 Å². The number of aromatic nitrogens is 1. The molecule has 1 aromatic heterocycles. The molecule has 2 unspecified atom stereocenters. The van der Waals surface area contributed by atoms with E-state index in [-0.39, 0.29) is 18.6 Å². The molecule has 144 valence electrons. The second-order valence-corrected chi connectivity index (χ2v) is 6.79. The van der Waals surface area contributed by atoms with E-state index in [0.29, 0.717) is 28.5 Å². The lowest BCUT2D eigenvalue weighted by Crippen LogP contribution is -2.11. The third-order valence-electron chi connectivity index (χ3n) is 5.05. The number of rotatable bonds is 5. The number of methoxy groups -OCH3 is 1. The molecular formula is C22H21NO5. The smallest absolute Gasteiger partial charge is 0.342 e. The number of carbonyl (C=O) groups excluding carboxylic acids is 1. The molecule has 0 fully saturated rings. The van der Waals surface area contributed by atoms with Gasteiger partial charge in [-0.25, -0.2) is 4.79 Å².